The molecule has 0 saturated carbocycles. The summed E-state index contributed by atoms with van der Waals surface area (Å²) in [5, 5.41) is 1.27. The van der Waals surface area contributed by atoms with Gasteiger partial charge in [-0.05, 0) is 25.7 Å². The first-order valence-electron chi connectivity index (χ1n) is 4.18. The Kier molecular flexibility index (Phi) is 7.28. The third-order valence-corrected chi connectivity index (χ3v) is 4.31. The van der Waals surface area contributed by atoms with Crippen LogP contribution in [0.25, 0.3) is 0 Å². The van der Waals surface area contributed by atoms with Gasteiger partial charge in [0, 0.05) is 5.41 Å². The summed E-state index contributed by atoms with van der Waals surface area (Å²) >= 11 is 2.91. The van der Waals surface area contributed by atoms with Crippen LogP contribution in [0.2, 0.25) is 0 Å². The van der Waals surface area contributed by atoms with E-state index in [2.05, 4.69) is 22.5 Å². The second-order valence-corrected chi connectivity index (χ2v) is 5.91. The van der Waals surface area contributed by atoms with E-state index < -0.39 is 9.84 Å². The molecule has 0 aromatic rings. The van der Waals surface area contributed by atoms with Gasteiger partial charge in [-0.15, -0.1) is 6.58 Å². The minimum absolute atomic E-state index is 0.00313. The van der Waals surface area contributed by atoms with E-state index >= 15 is 0 Å². The molecule has 0 aromatic carbocycles. The molecule has 0 aromatic heterocycles. The zero-order valence-corrected chi connectivity index (χ0v) is 9.98. The van der Waals surface area contributed by atoms with Crippen LogP contribution in [0.5, 0.6) is 0 Å². The maximum absolute atomic E-state index is 10.9. The molecule has 0 aliphatic rings. The second kappa shape index (κ2) is 7.33. The summed E-state index contributed by atoms with van der Waals surface area (Å²) in [5.74, 6) is 0. The highest BCUT2D eigenvalue weighted by molar-refractivity contribution is 9.10. The summed E-state index contributed by atoms with van der Waals surface area (Å²) in [4.78, 5) is 0. The van der Waals surface area contributed by atoms with Gasteiger partial charge in [0.15, 0.2) is 9.84 Å². The van der Waals surface area contributed by atoms with Crippen LogP contribution in [0, 0.1) is 0 Å². The molecule has 0 atom stereocenters. The van der Waals surface area contributed by atoms with E-state index in [-0.39, 0.29) is 4.66 Å². The normalized spacial score (nSPS) is 12.1. The third-order valence-electron chi connectivity index (χ3n) is 1.48. The molecule has 0 unspecified atom stereocenters. The fourth-order valence-electron chi connectivity index (χ4n) is 0.802. The largest absolute Gasteiger partial charge is 0.223 e. The van der Waals surface area contributed by atoms with Crippen LogP contribution in [-0.2, 0) is 9.84 Å². The Labute approximate surface area is 88.8 Å². The van der Waals surface area contributed by atoms with Crippen LogP contribution < -0.4 is 0 Å². The maximum atomic E-state index is 10.9. The number of rotatable bonds is 7. The summed E-state index contributed by atoms with van der Waals surface area (Å²) < 4.78 is 21.9. The van der Waals surface area contributed by atoms with E-state index in [1.807, 2.05) is 6.08 Å². The third kappa shape index (κ3) is 8.25. The van der Waals surface area contributed by atoms with E-state index in [1.165, 1.54) is 5.41 Å². The number of sulfone groups is 1. The van der Waals surface area contributed by atoms with Gasteiger partial charge in [-0.1, -0.05) is 28.1 Å². The maximum Gasteiger partial charge on any atom is 0.181 e. The number of hydrogen-bond acceptors (Lipinski definition) is 2. The monoisotopic (exact) mass is 266 g/mol. The smallest absolute Gasteiger partial charge is 0.181 e. The van der Waals surface area contributed by atoms with Crippen LogP contribution in [-0.4, -0.2) is 13.1 Å². The van der Waals surface area contributed by atoms with Crippen LogP contribution in [0.1, 0.15) is 25.7 Å². The Hall–Kier alpha value is -0.0900. The highest BCUT2D eigenvalue weighted by Crippen LogP contribution is 2.03. The van der Waals surface area contributed by atoms with Crippen molar-refractivity contribution in [2.24, 2.45) is 0 Å². The molecule has 2 nitrogen and oxygen atoms in total. The van der Waals surface area contributed by atoms with Crippen molar-refractivity contribution in [3.63, 3.8) is 0 Å². The molecule has 0 saturated heterocycles. The zero-order chi connectivity index (χ0) is 10.2. The molecule has 0 N–H and O–H groups in total. The molecule has 0 bridgehead atoms. The average Bonchev–Trinajstić information content (AvgIpc) is 2.11. The van der Waals surface area contributed by atoms with Gasteiger partial charge in [0.1, 0.15) is 4.66 Å². The summed E-state index contributed by atoms with van der Waals surface area (Å²) in [6, 6.07) is 0. The molecule has 13 heavy (non-hydrogen) atoms. The van der Waals surface area contributed by atoms with Crippen LogP contribution >= 0.6 is 15.9 Å². The highest BCUT2D eigenvalue weighted by atomic mass is 79.9. The van der Waals surface area contributed by atoms with Gasteiger partial charge in [-0.25, -0.2) is 8.42 Å². The molecule has 0 rings (SSSR count). The van der Waals surface area contributed by atoms with Crippen molar-refractivity contribution in [3.8, 4) is 0 Å². The van der Waals surface area contributed by atoms with Crippen molar-refractivity contribution in [2.45, 2.75) is 25.7 Å². The fourth-order valence-corrected chi connectivity index (χ4v) is 1.76. The average molecular weight is 267 g/mol. The van der Waals surface area contributed by atoms with Crippen molar-refractivity contribution in [2.75, 3.05) is 4.66 Å². The Morgan fingerprint density at radius 2 is 1.85 bits per heavy atom. The molecule has 4 heteroatoms. The van der Waals surface area contributed by atoms with Gasteiger partial charge in [0.2, 0.25) is 0 Å². The van der Waals surface area contributed by atoms with Crippen LogP contribution in [0.15, 0.2) is 24.1 Å². The first kappa shape index (κ1) is 12.9. The molecular formula is C9H15BrO2S. The van der Waals surface area contributed by atoms with Gasteiger partial charge < -0.3 is 0 Å². The minimum atomic E-state index is -3.00. The summed E-state index contributed by atoms with van der Waals surface area (Å²) in [7, 11) is -3.00. The minimum Gasteiger partial charge on any atom is -0.223 e. The van der Waals surface area contributed by atoms with E-state index in [0.29, 0.717) is 0 Å². The fraction of sp³-hybridized carbons (Fsp3) is 0.556. The Morgan fingerprint density at radius 1 is 1.23 bits per heavy atom. The van der Waals surface area contributed by atoms with Gasteiger partial charge in [0.05, 0.1) is 0 Å². The van der Waals surface area contributed by atoms with E-state index in [9.17, 15) is 8.42 Å². The summed E-state index contributed by atoms with van der Waals surface area (Å²) in [6.45, 7) is 3.61. The standard InChI is InChI=1S/C9H15BrO2S/c1-2-3-4-5-6-7-8-13(11,12)9-10/h2,7-8H,1,3-6,9H2/b8-7+. The van der Waals surface area contributed by atoms with Crippen LogP contribution in [0.4, 0.5) is 0 Å². The number of halogens is 1. The predicted octanol–water partition coefficient (Wildman–Crippen LogP) is 3.01. The summed E-state index contributed by atoms with van der Waals surface area (Å²) in [6.07, 6.45) is 7.49. The zero-order valence-electron chi connectivity index (χ0n) is 7.58. The Balaban J connectivity index is 3.58. The molecule has 0 radical (unpaired) electrons. The van der Waals surface area contributed by atoms with Crippen molar-refractivity contribution in [1.29, 1.82) is 0 Å². The Morgan fingerprint density at radius 3 is 2.38 bits per heavy atom. The van der Waals surface area contributed by atoms with Gasteiger partial charge in [-0.3, -0.25) is 0 Å². The lowest BCUT2D eigenvalue weighted by Gasteiger charge is -1.92. The van der Waals surface area contributed by atoms with Crippen LogP contribution in [0.3, 0.4) is 0 Å². The second-order valence-electron chi connectivity index (χ2n) is 2.72. The van der Waals surface area contributed by atoms with Crippen molar-refractivity contribution >= 4 is 25.8 Å². The molecule has 76 valence electrons. The van der Waals surface area contributed by atoms with Crippen molar-refractivity contribution < 1.29 is 8.42 Å². The number of alkyl halides is 1. The molecular weight excluding hydrogens is 252 g/mol. The first-order valence-corrected chi connectivity index (χ1v) is 7.02. The topological polar surface area (TPSA) is 34.1 Å². The number of allylic oxidation sites excluding steroid dienone is 2. The van der Waals surface area contributed by atoms with Gasteiger partial charge in [-0.2, -0.15) is 0 Å². The highest BCUT2D eigenvalue weighted by Gasteiger charge is 1.99. The molecule has 0 aliphatic heterocycles. The quantitative estimate of drug-likeness (QED) is 0.403. The van der Waals surface area contributed by atoms with Gasteiger partial charge in [0.25, 0.3) is 0 Å². The molecule has 0 spiro atoms. The SMILES string of the molecule is C=CCCCC/C=C/S(=O)(=O)CBr. The van der Waals surface area contributed by atoms with Crippen molar-refractivity contribution in [3.05, 3.63) is 24.1 Å². The molecule has 0 aliphatic carbocycles. The lowest BCUT2D eigenvalue weighted by Crippen LogP contribution is -1.93. The van der Waals surface area contributed by atoms with E-state index in [0.717, 1.165) is 25.7 Å². The van der Waals surface area contributed by atoms with E-state index in [1.54, 1.807) is 6.08 Å². The lowest BCUT2D eigenvalue weighted by atomic mass is 10.2. The number of unbranched alkanes of at least 4 members (excludes halogenated alkanes) is 3. The molecule has 0 amide bonds. The lowest BCUT2D eigenvalue weighted by molar-refractivity contribution is 0.609. The van der Waals surface area contributed by atoms with Crippen molar-refractivity contribution in [1.82, 2.24) is 0 Å². The van der Waals surface area contributed by atoms with Gasteiger partial charge >= 0.3 is 0 Å². The number of hydrogen-bond donors (Lipinski definition) is 0. The molecule has 0 fully saturated rings. The predicted molar refractivity (Wildman–Crippen MR) is 60.5 cm³/mol. The molecule has 0 heterocycles. The summed E-state index contributed by atoms with van der Waals surface area (Å²) in [5.41, 5.74) is 0. The van der Waals surface area contributed by atoms with E-state index in [4.69, 9.17) is 0 Å². The Bertz CT molecular complexity index is 255. The first-order chi connectivity index (χ1) is 6.12.